The van der Waals surface area contributed by atoms with E-state index in [0.29, 0.717) is 5.69 Å². The van der Waals surface area contributed by atoms with Crippen LogP contribution in [0.2, 0.25) is 0 Å². The van der Waals surface area contributed by atoms with Crippen LogP contribution >= 0.6 is 0 Å². The van der Waals surface area contributed by atoms with E-state index in [9.17, 15) is 18.0 Å². The lowest BCUT2D eigenvalue weighted by atomic mass is 10.1. The molecule has 1 rings (SSSR count). The highest BCUT2D eigenvalue weighted by atomic mass is 32.2. The van der Waals surface area contributed by atoms with E-state index in [1.807, 2.05) is 26.0 Å². The Balaban J connectivity index is 2.54. The summed E-state index contributed by atoms with van der Waals surface area (Å²) >= 11 is 0. The number of anilines is 1. The molecule has 0 radical (unpaired) electrons. The van der Waals surface area contributed by atoms with E-state index < -0.39 is 21.8 Å². The molecule has 0 bridgehead atoms. The number of rotatable bonds is 5. The first-order valence-corrected chi connectivity index (χ1v) is 8.31. The molecular formula is C14H21N3O4S. The van der Waals surface area contributed by atoms with Crippen LogP contribution in [0.15, 0.2) is 18.2 Å². The predicted octanol–water partition coefficient (Wildman–Crippen LogP) is 0.250. The zero-order chi connectivity index (χ0) is 16.9. The van der Waals surface area contributed by atoms with Crippen molar-refractivity contribution in [2.24, 2.45) is 0 Å². The van der Waals surface area contributed by atoms with Gasteiger partial charge in [-0.3, -0.25) is 9.59 Å². The summed E-state index contributed by atoms with van der Waals surface area (Å²) in [5.74, 6) is -1.95. The average molecular weight is 327 g/mol. The van der Waals surface area contributed by atoms with Gasteiger partial charge in [0.1, 0.15) is 0 Å². The predicted molar refractivity (Wildman–Crippen MR) is 85.0 cm³/mol. The summed E-state index contributed by atoms with van der Waals surface area (Å²) in [6.45, 7) is 3.63. The molecule has 0 saturated carbocycles. The molecule has 2 amide bonds. The molecule has 122 valence electrons. The number of amides is 2. The van der Waals surface area contributed by atoms with Crippen LogP contribution in [0, 0.1) is 13.8 Å². The first kappa shape index (κ1) is 18.1. The van der Waals surface area contributed by atoms with Crippen LogP contribution in [0.25, 0.3) is 0 Å². The third-order valence-corrected chi connectivity index (χ3v) is 4.87. The molecule has 0 aliphatic rings. The first-order valence-electron chi connectivity index (χ1n) is 6.70. The van der Waals surface area contributed by atoms with Gasteiger partial charge in [0.25, 0.3) is 0 Å². The number of nitrogens with one attached hydrogen (secondary N) is 2. The average Bonchev–Trinajstić information content (AvgIpc) is 2.41. The Morgan fingerprint density at radius 3 is 2.32 bits per heavy atom. The lowest BCUT2D eigenvalue weighted by molar-refractivity contribution is -0.136. The maximum Gasteiger partial charge on any atom is 0.313 e. The van der Waals surface area contributed by atoms with E-state index in [4.69, 9.17) is 0 Å². The van der Waals surface area contributed by atoms with Crippen molar-refractivity contribution < 1.29 is 18.0 Å². The van der Waals surface area contributed by atoms with Crippen molar-refractivity contribution in [3.63, 3.8) is 0 Å². The monoisotopic (exact) mass is 327 g/mol. The number of sulfonamides is 1. The maximum atomic E-state index is 11.8. The molecule has 0 fully saturated rings. The molecule has 1 aromatic rings. The minimum Gasteiger partial charge on any atom is -0.347 e. The zero-order valence-corrected chi connectivity index (χ0v) is 14.0. The number of hydrogen-bond acceptors (Lipinski definition) is 4. The second-order valence-corrected chi connectivity index (χ2v) is 7.43. The Bertz CT molecular complexity index is 669. The van der Waals surface area contributed by atoms with E-state index in [1.54, 1.807) is 6.07 Å². The van der Waals surface area contributed by atoms with Crippen molar-refractivity contribution in [1.82, 2.24) is 9.62 Å². The summed E-state index contributed by atoms with van der Waals surface area (Å²) in [4.78, 5) is 23.4. The van der Waals surface area contributed by atoms with Crippen LogP contribution < -0.4 is 10.6 Å². The van der Waals surface area contributed by atoms with Crippen molar-refractivity contribution in [3.05, 3.63) is 29.3 Å². The van der Waals surface area contributed by atoms with Crippen molar-refractivity contribution in [2.45, 2.75) is 13.8 Å². The van der Waals surface area contributed by atoms with Crippen LogP contribution in [0.1, 0.15) is 11.1 Å². The summed E-state index contributed by atoms with van der Waals surface area (Å²) in [6, 6.07) is 5.42. The lowest BCUT2D eigenvalue weighted by Crippen LogP contribution is -2.39. The number of hydrogen-bond donors (Lipinski definition) is 2. The molecule has 1 aromatic carbocycles. The van der Waals surface area contributed by atoms with Gasteiger partial charge < -0.3 is 10.6 Å². The Morgan fingerprint density at radius 2 is 1.77 bits per heavy atom. The highest BCUT2D eigenvalue weighted by molar-refractivity contribution is 7.89. The van der Waals surface area contributed by atoms with Gasteiger partial charge in [0.05, 0.1) is 5.75 Å². The minimum absolute atomic E-state index is 0.125. The number of aryl methyl sites for hydroxylation is 2. The van der Waals surface area contributed by atoms with Gasteiger partial charge in [-0.05, 0) is 25.5 Å². The van der Waals surface area contributed by atoms with Gasteiger partial charge in [0.15, 0.2) is 0 Å². The fourth-order valence-electron chi connectivity index (χ4n) is 1.69. The van der Waals surface area contributed by atoms with Gasteiger partial charge in [0.2, 0.25) is 10.0 Å². The smallest absolute Gasteiger partial charge is 0.313 e. The topological polar surface area (TPSA) is 95.6 Å². The summed E-state index contributed by atoms with van der Waals surface area (Å²) < 4.78 is 24.1. The Labute approximate surface area is 130 Å². The van der Waals surface area contributed by atoms with Crippen molar-refractivity contribution in [2.75, 3.05) is 31.7 Å². The standard InChI is InChI=1S/C14H21N3O4S/c1-10-5-6-12(11(2)9-10)16-14(19)13(18)15-7-8-22(20,21)17(3)4/h5-6,9H,7-8H2,1-4H3,(H,15,18)(H,16,19). The third-order valence-electron chi connectivity index (χ3n) is 3.04. The van der Waals surface area contributed by atoms with Gasteiger partial charge in [-0.15, -0.1) is 0 Å². The van der Waals surface area contributed by atoms with Gasteiger partial charge in [-0.2, -0.15) is 0 Å². The first-order chi connectivity index (χ1) is 10.1. The summed E-state index contributed by atoms with van der Waals surface area (Å²) in [7, 11) is -0.589. The van der Waals surface area contributed by atoms with Gasteiger partial charge in [-0.25, -0.2) is 12.7 Å². The molecule has 0 aliphatic heterocycles. The molecule has 7 nitrogen and oxygen atoms in total. The Morgan fingerprint density at radius 1 is 1.14 bits per heavy atom. The highest BCUT2D eigenvalue weighted by Crippen LogP contribution is 2.15. The SMILES string of the molecule is Cc1ccc(NC(=O)C(=O)NCCS(=O)(=O)N(C)C)c(C)c1. The quantitative estimate of drug-likeness (QED) is 0.758. The van der Waals surface area contributed by atoms with Crippen LogP contribution in [0.3, 0.4) is 0 Å². The summed E-state index contributed by atoms with van der Waals surface area (Å²) in [5.41, 5.74) is 2.44. The Kier molecular flexibility index (Phi) is 6.07. The number of nitrogens with zero attached hydrogens (tertiary/aromatic N) is 1. The van der Waals surface area contributed by atoms with Crippen molar-refractivity contribution in [3.8, 4) is 0 Å². The second-order valence-electron chi connectivity index (χ2n) is 5.13. The fraction of sp³-hybridized carbons (Fsp3) is 0.429. The summed E-state index contributed by atoms with van der Waals surface area (Å²) in [6.07, 6.45) is 0. The maximum absolute atomic E-state index is 11.8. The van der Waals surface area contributed by atoms with E-state index in [-0.39, 0.29) is 12.3 Å². The van der Waals surface area contributed by atoms with Crippen LogP contribution in [-0.4, -0.2) is 50.9 Å². The molecule has 2 N–H and O–H groups in total. The van der Waals surface area contributed by atoms with E-state index in [2.05, 4.69) is 10.6 Å². The van der Waals surface area contributed by atoms with E-state index in [1.165, 1.54) is 14.1 Å². The molecule has 0 heterocycles. The normalized spacial score (nSPS) is 11.3. The molecule has 0 atom stereocenters. The number of carbonyl (C=O) groups is 2. The second kappa shape index (κ2) is 7.37. The molecule has 0 saturated heterocycles. The molecule has 0 aromatic heterocycles. The molecule has 0 unspecified atom stereocenters. The number of benzene rings is 1. The Hall–Kier alpha value is -1.93. The fourth-order valence-corrected chi connectivity index (χ4v) is 2.41. The van der Waals surface area contributed by atoms with Crippen LogP contribution in [-0.2, 0) is 19.6 Å². The number of carbonyl (C=O) groups excluding carboxylic acids is 2. The lowest BCUT2D eigenvalue weighted by Gasteiger charge is -2.12. The van der Waals surface area contributed by atoms with E-state index in [0.717, 1.165) is 15.4 Å². The third kappa shape index (κ3) is 5.12. The molecule has 22 heavy (non-hydrogen) atoms. The molecule has 0 spiro atoms. The summed E-state index contributed by atoms with van der Waals surface area (Å²) in [5, 5.41) is 4.78. The van der Waals surface area contributed by atoms with Crippen molar-refractivity contribution >= 4 is 27.5 Å². The molecule has 8 heteroatoms. The van der Waals surface area contributed by atoms with Gasteiger partial charge in [0, 0.05) is 26.3 Å². The van der Waals surface area contributed by atoms with E-state index >= 15 is 0 Å². The van der Waals surface area contributed by atoms with Gasteiger partial charge >= 0.3 is 11.8 Å². The van der Waals surface area contributed by atoms with Gasteiger partial charge in [-0.1, -0.05) is 17.7 Å². The molecule has 0 aliphatic carbocycles. The largest absolute Gasteiger partial charge is 0.347 e. The molecular weight excluding hydrogens is 306 g/mol. The highest BCUT2D eigenvalue weighted by Gasteiger charge is 2.17. The minimum atomic E-state index is -3.40. The van der Waals surface area contributed by atoms with Crippen molar-refractivity contribution in [1.29, 1.82) is 0 Å². The zero-order valence-electron chi connectivity index (χ0n) is 13.1. The van der Waals surface area contributed by atoms with Crippen LogP contribution in [0.4, 0.5) is 5.69 Å². The van der Waals surface area contributed by atoms with Crippen LogP contribution in [0.5, 0.6) is 0 Å².